The van der Waals surface area contributed by atoms with E-state index in [0.717, 1.165) is 12.8 Å². The van der Waals surface area contributed by atoms with Gasteiger partial charge in [0.2, 0.25) is 0 Å². The van der Waals surface area contributed by atoms with Gasteiger partial charge in [0, 0.05) is 20.8 Å². The van der Waals surface area contributed by atoms with Gasteiger partial charge in [-0.15, -0.1) is 0 Å². The molecule has 0 radical (unpaired) electrons. The molecule has 4 heteroatoms. The number of hydrogen-bond acceptors (Lipinski definition) is 4. The van der Waals surface area contributed by atoms with E-state index in [2.05, 4.69) is 6.08 Å². The topological polar surface area (TPSA) is 36.9 Å². The van der Waals surface area contributed by atoms with E-state index < -0.39 is 0 Å². The molecule has 4 nitrogen and oxygen atoms in total. The lowest BCUT2D eigenvalue weighted by atomic mass is 10.1. The van der Waals surface area contributed by atoms with Crippen molar-refractivity contribution in [3.63, 3.8) is 0 Å². The van der Waals surface area contributed by atoms with Crippen LogP contribution >= 0.6 is 0 Å². The predicted molar refractivity (Wildman–Crippen MR) is 86.1 cm³/mol. The maximum atomic E-state index is 5.17. The molecule has 0 aromatic carbocycles. The molecule has 0 bridgehead atoms. The molecule has 0 heterocycles. The molecule has 0 aromatic rings. The van der Waals surface area contributed by atoms with Crippen LogP contribution in [0.1, 0.15) is 64.7 Å². The van der Waals surface area contributed by atoms with Crippen LogP contribution in [-0.4, -0.2) is 33.9 Å². The highest BCUT2D eigenvalue weighted by molar-refractivity contribution is 4.72. The second-order valence-corrected chi connectivity index (χ2v) is 5.10. The molecular formula is C17H34O4. The SMILES string of the molecule is CCOCOC=CCCCCCCCCCC(OC)OC. The van der Waals surface area contributed by atoms with Gasteiger partial charge in [-0.25, -0.2) is 0 Å². The van der Waals surface area contributed by atoms with Gasteiger partial charge in [0.05, 0.1) is 6.26 Å². The van der Waals surface area contributed by atoms with Crippen molar-refractivity contribution >= 4 is 0 Å². The van der Waals surface area contributed by atoms with E-state index in [1.165, 1.54) is 44.9 Å². The minimum atomic E-state index is -0.0262. The minimum Gasteiger partial charge on any atom is -0.475 e. The number of rotatable bonds is 16. The van der Waals surface area contributed by atoms with Gasteiger partial charge in [0.25, 0.3) is 0 Å². The zero-order valence-corrected chi connectivity index (χ0v) is 14.1. The number of ether oxygens (including phenoxy) is 4. The molecule has 0 unspecified atom stereocenters. The van der Waals surface area contributed by atoms with Crippen LogP contribution in [0, 0.1) is 0 Å². The molecule has 0 fully saturated rings. The second-order valence-electron chi connectivity index (χ2n) is 5.10. The van der Waals surface area contributed by atoms with E-state index in [4.69, 9.17) is 18.9 Å². The van der Waals surface area contributed by atoms with Crippen LogP contribution in [-0.2, 0) is 18.9 Å². The van der Waals surface area contributed by atoms with Gasteiger partial charge < -0.3 is 18.9 Å². The van der Waals surface area contributed by atoms with Crippen molar-refractivity contribution in [2.75, 3.05) is 27.6 Å². The van der Waals surface area contributed by atoms with Crippen LogP contribution in [0.2, 0.25) is 0 Å². The molecule has 0 saturated heterocycles. The first-order chi connectivity index (χ1) is 10.3. The van der Waals surface area contributed by atoms with Gasteiger partial charge in [0.1, 0.15) is 0 Å². The molecule has 0 aromatic heterocycles. The average Bonchev–Trinajstić information content (AvgIpc) is 2.51. The third kappa shape index (κ3) is 15.6. The Bertz CT molecular complexity index is 215. The molecule has 0 spiro atoms. The zero-order valence-electron chi connectivity index (χ0n) is 14.1. The average molecular weight is 302 g/mol. The molecule has 0 aliphatic heterocycles. The van der Waals surface area contributed by atoms with E-state index in [9.17, 15) is 0 Å². The number of unbranched alkanes of at least 4 members (excludes halogenated alkanes) is 7. The third-order valence-corrected chi connectivity index (χ3v) is 3.38. The number of allylic oxidation sites excluding steroid dienone is 1. The van der Waals surface area contributed by atoms with E-state index in [0.29, 0.717) is 13.4 Å². The van der Waals surface area contributed by atoms with Crippen molar-refractivity contribution in [3.05, 3.63) is 12.3 Å². The number of hydrogen-bond donors (Lipinski definition) is 0. The lowest BCUT2D eigenvalue weighted by molar-refractivity contribution is -0.107. The third-order valence-electron chi connectivity index (χ3n) is 3.38. The molecule has 0 saturated carbocycles. The van der Waals surface area contributed by atoms with Crippen molar-refractivity contribution in [1.29, 1.82) is 0 Å². The summed E-state index contributed by atoms with van der Waals surface area (Å²) in [5.74, 6) is 0. The Hall–Kier alpha value is -0.580. The van der Waals surface area contributed by atoms with E-state index in [1.807, 2.05) is 6.92 Å². The molecule has 0 atom stereocenters. The van der Waals surface area contributed by atoms with Gasteiger partial charge in [-0.2, -0.15) is 0 Å². The van der Waals surface area contributed by atoms with Crippen LogP contribution in [0.15, 0.2) is 12.3 Å². The summed E-state index contributed by atoms with van der Waals surface area (Å²) < 4.78 is 20.6. The molecule has 21 heavy (non-hydrogen) atoms. The standard InChI is InChI=1S/C17H34O4/c1-4-20-16-21-15-13-11-9-7-5-6-8-10-12-14-17(18-2)19-3/h13,15,17H,4-12,14,16H2,1-3H3. The molecular weight excluding hydrogens is 268 g/mol. The molecule has 0 N–H and O–H groups in total. The van der Waals surface area contributed by atoms with Crippen molar-refractivity contribution < 1.29 is 18.9 Å². The largest absolute Gasteiger partial charge is 0.475 e. The van der Waals surface area contributed by atoms with Crippen LogP contribution in [0.3, 0.4) is 0 Å². The normalized spacial score (nSPS) is 11.6. The zero-order chi connectivity index (χ0) is 15.6. The highest BCUT2D eigenvalue weighted by Crippen LogP contribution is 2.12. The van der Waals surface area contributed by atoms with Crippen molar-refractivity contribution in [1.82, 2.24) is 0 Å². The van der Waals surface area contributed by atoms with Gasteiger partial charge in [-0.3, -0.25) is 0 Å². The monoisotopic (exact) mass is 302 g/mol. The summed E-state index contributed by atoms with van der Waals surface area (Å²) in [5, 5.41) is 0. The summed E-state index contributed by atoms with van der Waals surface area (Å²) in [7, 11) is 3.40. The lowest BCUT2D eigenvalue weighted by Crippen LogP contribution is -2.12. The maximum Gasteiger partial charge on any atom is 0.188 e. The van der Waals surface area contributed by atoms with Crippen LogP contribution < -0.4 is 0 Å². The van der Waals surface area contributed by atoms with Crippen molar-refractivity contribution in [3.8, 4) is 0 Å². The summed E-state index contributed by atoms with van der Waals surface area (Å²) >= 11 is 0. The fourth-order valence-electron chi connectivity index (χ4n) is 2.10. The smallest absolute Gasteiger partial charge is 0.188 e. The summed E-state index contributed by atoms with van der Waals surface area (Å²) in [5.41, 5.74) is 0. The van der Waals surface area contributed by atoms with E-state index in [1.54, 1.807) is 20.5 Å². The van der Waals surface area contributed by atoms with Gasteiger partial charge in [-0.05, 0) is 38.7 Å². The molecule has 0 aliphatic carbocycles. The van der Waals surface area contributed by atoms with Crippen LogP contribution in [0.4, 0.5) is 0 Å². The fraction of sp³-hybridized carbons (Fsp3) is 0.882. The first-order valence-electron chi connectivity index (χ1n) is 8.25. The van der Waals surface area contributed by atoms with E-state index in [-0.39, 0.29) is 6.29 Å². The summed E-state index contributed by atoms with van der Waals surface area (Å²) in [6.45, 7) is 3.02. The fourth-order valence-corrected chi connectivity index (χ4v) is 2.10. The minimum absolute atomic E-state index is 0.0262. The summed E-state index contributed by atoms with van der Waals surface area (Å²) in [4.78, 5) is 0. The Labute approximate surface area is 130 Å². The summed E-state index contributed by atoms with van der Waals surface area (Å²) in [6.07, 6.45) is 14.9. The molecule has 0 aliphatic rings. The van der Waals surface area contributed by atoms with E-state index >= 15 is 0 Å². The van der Waals surface area contributed by atoms with Crippen LogP contribution in [0.25, 0.3) is 0 Å². The number of methoxy groups -OCH3 is 2. The summed E-state index contributed by atoms with van der Waals surface area (Å²) in [6, 6.07) is 0. The quantitative estimate of drug-likeness (QED) is 0.236. The second kappa shape index (κ2) is 17.5. The first-order valence-corrected chi connectivity index (χ1v) is 8.25. The van der Waals surface area contributed by atoms with Gasteiger partial charge >= 0.3 is 0 Å². The van der Waals surface area contributed by atoms with Gasteiger partial charge in [-0.1, -0.05) is 32.1 Å². The lowest BCUT2D eigenvalue weighted by Gasteiger charge is -2.12. The maximum absolute atomic E-state index is 5.17. The van der Waals surface area contributed by atoms with Crippen LogP contribution in [0.5, 0.6) is 0 Å². The Morgan fingerprint density at radius 3 is 2.10 bits per heavy atom. The Balaban J connectivity index is 3.12. The van der Waals surface area contributed by atoms with Gasteiger partial charge in [0.15, 0.2) is 13.1 Å². The molecule has 0 rings (SSSR count). The molecule has 126 valence electrons. The van der Waals surface area contributed by atoms with Crippen molar-refractivity contribution in [2.24, 2.45) is 0 Å². The highest BCUT2D eigenvalue weighted by Gasteiger charge is 2.03. The predicted octanol–water partition coefficient (Wildman–Crippen LogP) is 4.64. The Kier molecular flexibility index (Phi) is 17.0. The Morgan fingerprint density at radius 1 is 0.857 bits per heavy atom. The van der Waals surface area contributed by atoms with Crippen molar-refractivity contribution in [2.45, 2.75) is 71.0 Å². The molecule has 0 amide bonds. The highest BCUT2D eigenvalue weighted by atomic mass is 16.7. The first kappa shape index (κ1) is 20.4. The Morgan fingerprint density at radius 2 is 1.48 bits per heavy atom.